The molecule has 0 fully saturated rings. The molecule has 0 bridgehead atoms. The summed E-state index contributed by atoms with van der Waals surface area (Å²) in [5.74, 6) is -0.964. The molecular weight excluding hydrogens is 242 g/mol. The third kappa shape index (κ3) is 2.48. The molecule has 1 aromatic carbocycles. The number of ether oxygens (including phenoxy) is 1. The molecule has 1 aromatic rings. The minimum atomic E-state index is -3.84. The number of benzene rings is 1. The van der Waals surface area contributed by atoms with Crippen molar-refractivity contribution in [1.29, 1.82) is 0 Å². The fraction of sp³-hybridized carbons (Fsp3) is 0.364. The lowest BCUT2D eigenvalue weighted by atomic mass is 10.1. The summed E-state index contributed by atoms with van der Waals surface area (Å²) >= 11 is 0. The van der Waals surface area contributed by atoms with Gasteiger partial charge in [-0.25, -0.2) is 13.2 Å². The second-order valence-electron chi connectivity index (χ2n) is 3.59. The van der Waals surface area contributed by atoms with Crippen LogP contribution >= 0.6 is 0 Å². The standard InChI is InChI=1S/C11H15NO4S/c1-3-16-10(13)11(12,17(2,14)15)9-7-5-4-6-8-9/h4-8H,3,12H2,1-2H3. The van der Waals surface area contributed by atoms with Crippen molar-refractivity contribution >= 4 is 15.8 Å². The highest BCUT2D eigenvalue weighted by Gasteiger charge is 2.47. The van der Waals surface area contributed by atoms with Gasteiger partial charge in [0.05, 0.1) is 6.61 Å². The Morgan fingerprint density at radius 2 is 1.88 bits per heavy atom. The fourth-order valence-corrected chi connectivity index (χ4v) is 2.33. The highest BCUT2D eigenvalue weighted by molar-refractivity contribution is 7.92. The first kappa shape index (κ1) is 13.7. The number of rotatable bonds is 4. The number of hydrogen-bond donors (Lipinski definition) is 1. The van der Waals surface area contributed by atoms with Crippen LogP contribution < -0.4 is 5.73 Å². The van der Waals surface area contributed by atoms with Gasteiger partial charge >= 0.3 is 5.97 Å². The molecule has 0 spiro atoms. The van der Waals surface area contributed by atoms with Crippen molar-refractivity contribution in [2.24, 2.45) is 5.73 Å². The molecule has 0 saturated heterocycles. The minimum Gasteiger partial charge on any atom is -0.464 e. The molecule has 1 unspecified atom stereocenters. The topological polar surface area (TPSA) is 86.5 Å². The predicted octanol–water partition coefficient (Wildman–Crippen LogP) is 0.406. The average molecular weight is 257 g/mol. The SMILES string of the molecule is CCOC(=O)C(N)(c1ccccc1)S(C)(=O)=O. The molecule has 2 N–H and O–H groups in total. The highest BCUT2D eigenvalue weighted by Crippen LogP contribution is 2.25. The second-order valence-corrected chi connectivity index (χ2v) is 5.78. The van der Waals surface area contributed by atoms with E-state index < -0.39 is 20.7 Å². The molecule has 17 heavy (non-hydrogen) atoms. The normalized spacial score (nSPS) is 15.0. The van der Waals surface area contributed by atoms with Gasteiger partial charge in [0.15, 0.2) is 9.84 Å². The van der Waals surface area contributed by atoms with Crippen LogP contribution in [0.4, 0.5) is 0 Å². The van der Waals surface area contributed by atoms with Gasteiger partial charge in [-0.1, -0.05) is 30.3 Å². The van der Waals surface area contributed by atoms with Crippen LogP contribution in [0.3, 0.4) is 0 Å². The van der Waals surface area contributed by atoms with E-state index in [1.54, 1.807) is 25.1 Å². The molecule has 94 valence electrons. The first-order valence-corrected chi connectivity index (χ1v) is 6.94. The highest BCUT2D eigenvalue weighted by atomic mass is 32.2. The van der Waals surface area contributed by atoms with Gasteiger partial charge in [-0.2, -0.15) is 0 Å². The maximum Gasteiger partial charge on any atom is 0.346 e. The Kier molecular flexibility index (Phi) is 3.90. The van der Waals surface area contributed by atoms with Crippen LogP contribution in [0.5, 0.6) is 0 Å². The Balaban J connectivity index is 3.37. The first-order valence-electron chi connectivity index (χ1n) is 5.05. The molecule has 0 radical (unpaired) electrons. The Labute approximate surface area is 100 Å². The molecule has 1 atom stereocenters. The molecule has 0 aliphatic carbocycles. The monoisotopic (exact) mass is 257 g/mol. The van der Waals surface area contributed by atoms with E-state index in [0.717, 1.165) is 6.26 Å². The zero-order chi connectivity index (χ0) is 13.1. The summed E-state index contributed by atoms with van der Waals surface area (Å²) in [4.78, 5) is 9.64. The third-order valence-electron chi connectivity index (χ3n) is 2.37. The van der Waals surface area contributed by atoms with Crippen LogP contribution in [0.15, 0.2) is 30.3 Å². The molecule has 0 aliphatic heterocycles. The first-order chi connectivity index (χ1) is 7.84. The van der Waals surface area contributed by atoms with E-state index in [-0.39, 0.29) is 12.2 Å². The van der Waals surface area contributed by atoms with Crippen LogP contribution in [-0.2, 0) is 24.2 Å². The number of carbonyl (C=O) groups is 1. The predicted molar refractivity (Wildman–Crippen MR) is 63.8 cm³/mol. The lowest BCUT2D eigenvalue weighted by Crippen LogP contribution is -2.52. The van der Waals surface area contributed by atoms with Crippen molar-refractivity contribution < 1.29 is 17.9 Å². The molecule has 5 nitrogen and oxygen atoms in total. The van der Waals surface area contributed by atoms with Gasteiger partial charge in [0.1, 0.15) is 0 Å². The Morgan fingerprint density at radius 1 is 1.35 bits per heavy atom. The van der Waals surface area contributed by atoms with Gasteiger partial charge in [0, 0.05) is 6.26 Å². The summed E-state index contributed by atoms with van der Waals surface area (Å²) in [5.41, 5.74) is 5.96. The third-order valence-corrected chi connectivity index (χ3v) is 3.94. The van der Waals surface area contributed by atoms with Gasteiger partial charge in [0.2, 0.25) is 4.87 Å². The number of carbonyl (C=O) groups excluding carboxylic acids is 1. The zero-order valence-electron chi connectivity index (χ0n) is 9.71. The van der Waals surface area contributed by atoms with Crippen molar-refractivity contribution in [2.75, 3.05) is 12.9 Å². The van der Waals surface area contributed by atoms with Gasteiger partial charge < -0.3 is 4.74 Å². The van der Waals surface area contributed by atoms with Crippen molar-refractivity contribution in [3.63, 3.8) is 0 Å². The largest absolute Gasteiger partial charge is 0.464 e. The van der Waals surface area contributed by atoms with Gasteiger partial charge in [-0.15, -0.1) is 0 Å². The lowest BCUT2D eigenvalue weighted by molar-refractivity contribution is -0.146. The quantitative estimate of drug-likeness (QED) is 0.789. The van der Waals surface area contributed by atoms with Gasteiger partial charge in [0.25, 0.3) is 0 Å². The maximum atomic E-state index is 11.8. The molecule has 0 aromatic heterocycles. The van der Waals surface area contributed by atoms with Crippen LogP contribution in [0.2, 0.25) is 0 Å². The maximum absolute atomic E-state index is 11.8. The molecule has 0 heterocycles. The molecule has 6 heteroatoms. The molecular formula is C11H15NO4S. The molecule has 1 rings (SSSR count). The van der Waals surface area contributed by atoms with Crippen LogP contribution in [-0.4, -0.2) is 27.2 Å². The van der Waals surface area contributed by atoms with Crippen molar-refractivity contribution in [2.45, 2.75) is 11.8 Å². The van der Waals surface area contributed by atoms with E-state index in [2.05, 4.69) is 0 Å². The Hall–Kier alpha value is -1.40. The average Bonchev–Trinajstić information content (AvgIpc) is 2.28. The summed E-state index contributed by atoms with van der Waals surface area (Å²) in [6.07, 6.45) is 0.914. The Morgan fingerprint density at radius 3 is 2.29 bits per heavy atom. The summed E-state index contributed by atoms with van der Waals surface area (Å²) in [6.45, 7) is 1.66. The van der Waals surface area contributed by atoms with Crippen LogP contribution in [0, 0.1) is 0 Å². The number of sulfone groups is 1. The van der Waals surface area contributed by atoms with E-state index in [4.69, 9.17) is 10.5 Å². The lowest BCUT2D eigenvalue weighted by Gasteiger charge is -2.25. The van der Waals surface area contributed by atoms with E-state index in [1.807, 2.05) is 0 Å². The summed E-state index contributed by atoms with van der Waals surface area (Å²) in [7, 11) is -3.84. The fourth-order valence-electron chi connectivity index (χ4n) is 1.41. The van der Waals surface area contributed by atoms with E-state index >= 15 is 0 Å². The van der Waals surface area contributed by atoms with Crippen LogP contribution in [0.1, 0.15) is 12.5 Å². The minimum absolute atomic E-state index is 0.0696. The smallest absolute Gasteiger partial charge is 0.346 e. The Bertz CT molecular complexity index is 497. The molecule has 0 amide bonds. The number of nitrogens with two attached hydrogens (primary N) is 1. The van der Waals surface area contributed by atoms with E-state index in [0.29, 0.717) is 0 Å². The van der Waals surface area contributed by atoms with Gasteiger partial charge in [-0.05, 0) is 12.5 Å². The number of hydrogen-bond acceptors (Lipinski definition) is 5. The molecule has 0 saturated carbocycles. The van der Waals surface area contributed by atoms with Crippen molar-refractivity contribution in [3.05, 3.63) is 35.9 Å². The van der Waals surface area contributed by atoms with E-state index in [9.17, 15) is 13.2 Å². The summed E-state index contributed by atoms with van der Waals surface area (Å²) in [5, 5.41) is 0. The van der Waals surface area contributed by atoms with Crippen LogP contribution in [0.25, 0.3) is 0 Å². The van der Waals surface area contributed by atoms with Crippen molar-refractivity contribution in [3.8, 4) is 0 Å². The number of esters is 1. The molecule has 0 aliphatic rings. The zero-order valence-corrected chi connectivity index (χ0v) is 10.5. The van der Waals surface area contributed by atoms with E-state index in [1.165, 1.54) is 12.1 Å². The second kappa shape index (κ2) is 4.85. The van der Waals surface area contributed by atoms with Gasteiger partial charge in [-0.3, -0.25) is 5.73 Å². The van der Waals surface area contributed by atoms with Crippen molar-refractivity contribution in [1.82, 2.24) is 0 Å². The summed E-state index contributed by atoms with van der Waals surface area (Å²) in [6, 6.07) is 7.90. The summed E-state index contributed by atoms with van der Waals surface area (Å²) < 4.78 is 28.2.